The highest BCUT2D eigenvalue weighted by Crippen LogP contribution is 2.31. The fraction of sp³-hybridized carbons (Fsp3) is 0.528. The SMILES string of the molecule is CCC(=O)N[C@@H](Cc1nc2ccc(Cl)cc2s1)C(=O)N[C@H](C(=O)N[C@@H](CCCCN)C(=O)N[C@@H]1CCCc2ccccc21)C1CCCC1. The third kappa shape index (κ3) is 9.33. The van der Waals surface area contributed by atoms with Crippen LogP contribution in [0.2, 0.25) is 5.02 Å². The highest BCUT2D eigenvalue weighted by Gasteiger charge is 2.36. The van der Waals surface area contributed by atoms with Crippen LogP contribution in [0.5, 0.6) is 0 Å². The number of unbranched alkanes of at least 4 members (excludes halogenated alkanes) is 1. The molecule has 0 saturated heterocycles. The first-order valence-electron chi connectivity index (χ1n) is 17.3. The molecule has 2 aliphatic carbocycles. The predicted octanol–water partition coefficient (Wildman–Crippen LogP) is 4.87. The van der Waals surface area contributed by atoms with E-state index in [2.05, 4.69) is 38.4 Å². The lowest BCUT2D eigenvalue weighted by Gasteiger charge is -2.30. The van der Waals surface area contributed by atoms with Crippen molar-refractivity contribution in [2.75, 3.05) is 6.54 Å². The summed E-state index contributed by atoms with van der Waals surface area (Å²) in [6.07, 6.45) is 8.48. The van der Waals surface area contributed by atoms with Crippen molar-refractivity contribution in [1.82, 2.24) is 26.3 Å². The van der Waals surface area contributed by atoms with Crippen LogP contribution in [-0.2, 0) is 32.0 Å². The Bertz CT molecular complexity index is 1590. The fourth-order valence-corrected chi connectivity index (χ4v) is 8.14. The molecule has 4 atom stereocenters. The first kappa shape index (κ1) is 35.8. The molecule has 48 heavy (non-hydrogen) atoms. The maximum Gasteiger partial charge on any atom is 0.243 e. The number of amides is 4. The van der Waals surface area contributed by atoms with Crippen molar-refractivity contribution in [1.29, 1.82) is 0 Å². The van der Waals surface area contributed by atoms with Crippen LogP contribution in [0, 0.1) is 5.92 Å². The summed E-state index contributed by atoms with van der Waals surface area (Å²) in [7, 11) is 0. The fourth-order valence-electron chi connectivity index (χ4n) is 6.86. The Morgan fingerprint density at radius 2 is 1.73 bits per heavy atom. The lowest BCUT2D eigenvalue weighted by molar-refractivity contribution is -0.135. The molecule has 3 aromatic rings. The summed E-state index contributed by atoms with van der Waals surface area (Å²) in [4.78, 5) is 58.9. The lowest BCUT2D eigenvalue weighted by atomic mass is 9.87. The number of nitrogens with zero attached hydrogens (tertiary/aromatic N) is 1. The van der Waals surface area contributed by atoms with Crippen molar-refractivity contribution in [3.8, 4) is 0 Å². The summed E-state index contributed by atoms with van der Waals surface area (Å²) in [6.45, 7) is 2.21. The van der Waals surface area contributed by atoms with Gasteiger partial charge in [-0.25, -0.2) is 4.98 Å². The van der Waals surface area contributed by atoms with E-state index in [1.54, 1.807) is 13.0 Å². The number of rotatable bonds is 15. The Morgan fingerprint density at radius 3 is 2.50 bits per heavy atom. The molecule has 12 heteroatoms. The van der Waals surface area contributed by atoms with E-state index >= 15 is 0 Å². The van der Waals surface area contributed by atoms with E-state index in [0.717, 1.165) is 67.1 Å². The molecular formula is C36H47ClN6O4S. The van der Waals surface area contributed by atoms with Crippen molar-refractivity contribution in [3.63, 3.8) is 0 Å². The molecule has 0 unspecified atom stereocenters. The third-order valence-electron chi connectivity index (χ3n) is 9.46. The van der Waals surface area contributed by atoms with E-state index in [1.165, 1.54) is 16.9 Å². The van der Waals surface area contributed by atoms with Crippen LogP contribution in [0.1, 0.15) is 93.3 Å². The van der Waals surface area contributed by atoms with E-state index in [4.69, 9.17) is 17.3 Å². The van der Waals surface area contributed by atoms with Gasteiger partial charge in [0.2, 0.25) is 23.6 Å². The number of hydrogen-bond acceptors (Lipinski definition) is 7. The molecule has 0 aliphatic heterocycles. The maximum atomic E-state index is 14.1. The van der Waals surface area contributed by atoms with Crippen LogP contribution < -0.4 is 27.0 Å². The quantitative estimate of drug-likeness (QED) is 0.143. The normalized spacial score (nSPS) is 18.0. The van der Waals surface area contributed by atoms with Crippen molar-refractivity contribution >= 4 is 56.8 Å². The number of aryl methyl sites for hydroxylation is 1. The standard InChI is InChI=1S/C36H47ClN6O4S/c1-2-31(44)39-29(21-32-40-27-18-17-24(37)20-30(27)48-32)35(46)43-33(23-11-3-4-12-23)36(47)42-28(15-7-8-19-38)34(45)41-26-16-9-13-22-10-5-6-14-25(22)26/h5-6,10,14,17-18,20,23,26,28-29,33H,2-4,7-9,11-13,15-16,19,21,38H2,1H3,(H,39,44)(H,41,45)(H,42,47)(H,43,46)/t26-,28+,29+,33+/m1/s1. The smallest absolute Gasteiger partial charge is 0.243 e. The van der Waals surface area contributed by atoms with Gasteiger partial charge in [-0.2, -0.15) is 0 Å². The lowest BCUT2D eigenvalue weighted by Crippen LogP contribution is -2.59. The van der Waals surface area contributed by atoms with E-state index in [1.807, 2.05) is 24.3 Å². The highest BCUT2D eigenvalue weighted by molar-refractivity contribution is 7.18. The second-order valence-corrected chi connectivity index (χ2v) is 14.5. The molecule has 1 saturated carbocycles. The molecule has 0 bridgehead atoms. The highest BCUT2D eigenvalue weighted by atomic mass is 35.5. The van der Waals surface area contributed by atoms with Crippen LogP contribution >= 0.6 is 22.9 Å². The van der Waals surface area contributed by atoms with Crippen molar-refractivity contribution in [3.05, 3.63) is 63.6 Å². The minimum absolute atomic E-state index is 0.0842. The van der Waals surface area contributed by atoms with Gasteiger partial charge in [0.1, 0.15) is 18.1 Å². The predicted molar refractivity (Wildman–Crippen MR) is 190 cm³/mol. The molecule has 1 heterocycles. The summed E-state index contributed by atoms with van der Waals surface area (Å²) in [5, 5.41) is 13.3. The number of halogens is 1. The largest absolute Gasteiger partial charge is 0.348 e. The monoisotopic (exact) mass is 694 g/mol. The molecule has 4 amide bonds. The van der Waals surface area contributed by atoms with Gasteiger partial charge in [0.15, 0.2) is 0 Å². The van der Waals surface area contributed by atoms with E-state index in [0.29, 0.717) is 29.4 Å². The number of fused-ring (bicyclic) bond motifs is 2. The zero-order valence-electron chi connectivity index (χ0n) is 27.6. The van der Waals surface area contributed by atoms with E-state index in [9.17, 15) is 19.2 Å². The summed E-state index contributed by atoms with van der Waals surface area (Å²) < 4.78 is 0.886. The number of benzene rings is 2. The van der Waals surface area contributed by atoms with Gasteiger partial charge < -0.3 is 27.0 Å². The van der Waals surface area contributed by atoms with Crippen molar-refractivity contribution < 1.29 is 19.2 Å². The second kappa shape index (κ2) is 17.2. The summed E-state index contributed by atoms with van der Waals surface area (Å²) in [5.41, 5.74) is 8.88. The van der Waals surface area contributed by atoms with Gasteiger partial charge in [-0.05, 0) is 93.2 Å². The molecular weight excluding hydrogens is 648 g/mol. The summed E-state index contributed by atoms with van der Waals surface area (Å²) >= 11 is 7.58. The van der Waals surface area contributed by atoms with Crippen LogP contribution in [-0.4, -0.2) is 53.3 Å². The van der Waals surface area contributed by atoms with Crippen LogP contribution in [0.25, 0.3) is 10.2 Å². The summed E-state index contributed by atoms with van der Waals surface area (Å²) in [5.74, 6) is -1.43. The second-order valence-electron chi connectivity index (χ2n) is 12.9. The van der Waals surface area contributed by atoms with Gasteiger partial charge in [-0.1, -0.05) is 55.6 Å². The Hall–Kier alpha value is -3.54. The summed E-state index contributed by atoms with van der Waals surface area (Å²) in [6, 6.07) is 10.9. The molecule has 2 aliphatic rings. The minimum atomic E-state index is -0.930. The maximum absolute atomic E-state index is 14.1. The number of thiazole rings is 1. The zero-order chi connectivity index (χ0) is 34.0. The van der Waals surface area contributed by atoms with Crippen LogP contribution in [0.3, 0.4) is 0 Å². The van der Waals surface area contributed by atoms with Crippen molar-refractivity contribution in [2.45, 2.75) is 108 Å². The Balaban J connectivity index is 1.32. The number of carbonyl (C=O) groups is 4. The van der Waals surface area contributed by atoms with E-state index in [-0.39, 0.29) is 42.5 Å². The molecule has 1 fully saturated rings. The molecule has 10 nitrogen and oxygen atoms in total. The first-order valence-corrected chi connectivity index (χ1v) is 18.5. The number of aromatic nitrogens is 1. The molecule has 0 spiro atoms. The van der Waals surface area contributed by atoms with Gasteiger partial charge in [-0.3, -0.25) is 19.2 Å². The molecule has 258 valence electrons. The number of nitrogens with two attached hydrogens (primary N) is 1. The molecule has 5 rings (SSSR count). The first-order chi connectivity index (χ1) is 23.2. The van der Waals surface area contributed by atoms with Gasteiger partial charge in [0.25, 0.3) is 0 Å². The molecule has 6 N–H and O–H groups in total. The third-order valence-corrected chi connectivity index (χ3v) is 10.7. The Morgan fingerprint density at radius 1 is 0.938 bits per heavy atom. The number of hydrogen-bond donors (Lipinski definition) is 5. The minimum Gasteiger partial charge on any atom is -0.348 e. The average Bonchev–Trinajstić information content (AvgIpc) is 3.76. The van der Waals surface area contributed by atoms with Gasteiger partial charge >= 0.3 is 0 Å². The molecule has 1 aromatic heterocycles. The zero-order valence-corrected chi connectivity index (χ0v) is 29.1. The van der Waals surface area contributed by atoms with Gasteiger partial charge in [0, 0.05) is 17.9 Å². The van der Waals surface area contributed by atoms with Gasteiger partial charge in [0.05, 0.1) is 21.3 Å². The topological polar surface area (TPSA) is 155 Å². The van der Waals surface area contributed by atoms with Gasteiger partial charge in [-0.15, -0.1) is 11.3 Å². The van der Waals surface area contributed by atoms with Crippen molar-refractivity contribution in [2.24, 2.45) is 11.7 Å². The van der Waals surface area contributed by atoms with Crippen LogP contribution in [0.4, 0.5) is 0 Å². The Labute approximate surface area is 291 Å². The average molecular weight is 695 g/mol. The van der Waals surface area contributed by atoms with E-state index < -0.39 is 24.0 Å². The van der Waals surface area contributed by atoms with Crippen LogP contribution in [0.15, 0.2) is 42.5 Å². The number of nitrogens with one attached hydrogen (secondary N) is 4. The Kier molecular flexibility index (Phi) is 12.8. The number of carbonyl (C=O) groups excluding carboxylic acids is 4. The molecule has 2 aromatic carbocycles. The molecule has 0 radical (unpaired) electrons.